The minimum atomic E-state index is -0.680. The van der Waals surface area contributed by atoms with Crippen LogP contribution in [0.15, 0.2) is 12.1 Å². The maximum absolute atomic E-state index is 13.5. The Balaban J connectivity index is 1.66. The van der Waals surface area contributed by atoms with Gasteiger partial charge in [-0.2, -0.15) is 0 Å². The molecule has 28 heavy (non-hydrogen) atoms. The van der Waals surface area contributed by atoms with Gasteiger partial charge in [0.15, 0.2) is 5.78 Å². The highest BCUT2D eigenvalue weighted by Crippen LogP contribution is 2.45. The van der Waals surface area contributed by atoms with E-state index in [9.17, 15) is 14.4 Å². The molecule has 1 aliphatic heterocycles. The number of carbonyl (C=O) groups excluding carboxylic acids is 3. The fourth-order valence-corrected chi connectivity index (χ4v) is 5.33. The molecule has 4 nitrogen and oxygen atoms in total. The number of benzene rings is 1. The van der Waals surface area contributed by atoms with Crippen LogP contribution >= 0.6 is 0 Å². The number of nitrogens with one attached hydrogen (secondary N) is 1. The van der Waals surface area contributed by atoms with Crippen LogP contribution < -0.4 is 5.32 Å². The molecule has 2 saturated carbocycles. The van der Waals surface area contributed by atoms with Crippen molar-refractivity contribution in [1.29, 1.82) is 0 Å². The second-order valence-corrected chi connectivity index (χ2v) is 9.12. The number of hydrogen-bond donors (Lipinski definition) is 1. The number of aryl methyl sites for hydroxylation is 1. The molecule has 1 N–H and O–H groups in total. The molecular formula is C24H31NO3. The van der Waals surface area contributed by atoms with Crippen LogP contribution in [-0.2, 0) is 14.4 Å². The van der Waals surface area contributed by atoms with Gasteiger partial charge in [0.05, 0.1) is 0 Å². The number of carbonyl (C=O) groups is 3. The molecule has 4 heteroatoms. The molecule has 0 aromatic heterocycles. The molecule has 3 aliphatic rings. The minimum Gasteiger partial charge on any atom is -0.317 e. The van der Waals surface area contributed by atoms with Crippen molar-refractivity contribution in [3.8, 4) is 0 Å². The van der Waals surface area contributed by atoms with Gasteiger partial charge in [0.25, 0.3) is 0 Å². The van der Waals surface area contributed by atoms with Crippen LogP contribution in [0.5, 0.6) is 0 Å². The summed E-state index contributed by atoms with van der Waals surface area (Å²) >= 11 is 0. The van der Waals surface area contributed by atoms with Crippen molar-refractivity contribution in [1.82, 2.24) is 5.32 Å². The summed E-state index contributed by atoms with van der Waals surface area (Å²) in [6.45, 7) is 7.89. The molecule has 4 rings (SSSR count). The van der Waals surface area contributed by atoms with E-state index in [0.29, 0.717) is 0 Å². The number of ketones is 3. The second-order valence-electron chi connectivity index (χ2n) is 9.12. The summed E-state index contributed by atoms with van der Waals surface area (Å²) in [5.74, 6) is -0.743. The average molecular weight is 382 g/mol. The van der Waals surface area contributed by atoms with Gasteiger partial charge in [0.2, 0.25) is 0 Å². The molecule has 0 amide bonds. The number of Topliss-reactive ketones (excluding diaryl/α,β-unsaturated/α-hetero) is 3. The minimum absolute atomic E-state index is 0.00360. The van der Waals surface area contributed by atoms with Crippen molar-refractivity contribution in [2.24, 2.45) is 23.7 Å². The van der Waals surface area contributed by atoms with Crippen molar-refractivity contribution in [3.63, 3.8) is 0 Å². The Hall–Kier alpha value is -1.81. The summed E-state index contributed by atoms with van der Waals surface area (Å²) < 4.78 is 0. The van der Waals surface area contributed by atoms with Gasteiger partial charge in [-0.25, -0.2) is 0 Å². The van der Waals surface area contributed by atoms with E-state index in [1.54, 1.807) is 0 Å². The molecule has 3 unspecified atom stereocenters. The molecule has 1 heterocycles. The first-order valence-electron chi connectivity index (χ1n) is 10.8. The number of hydrogen-bond acceptors (Lipinski definition) is 4. The van der Waals surface area contributed by atoms with E-state index in [2.05, 4.69) is 12.2 Å². The average Bonchev–Trinajstić information content (AvgIpc) is 3.49. The molecule has 0 spiro atoms. The first-order valence-corrected chi connectivity index (χ1v) is 10.8. The second kappa shape index (κ2) is 7.55. The highest BCUT2D eigenvalue weighted by molar-refractivity contribution is 6.16. The normalized spacial score (nSPS) is 27.2. The molecule has 0 radical (unpaired) electrons. The van der Waals surface area contributed by atoms with E-state index in [4.69, 9.17) is 0 Å². The molecule has 1 aromatic carbocycles. The highest BCUT2D eigenvalue weighted by atomic mass is 16.2. The summed E-state index contributed by atoms with van der Waals surface area (Å²) in [5.41, 5.74) is 4.21. The summed E-state index contributed by atoms with van der Waals surface area (Å²) in [7, 11) is 0. The van der Waals surface area contributed by atoms with Gasteiger partial charge in [-0.3, -0.25) is 14.4 Å². The Morgan fingerprint density at radius 1 is 1.00 bits per heavy atom. The van der Waals surface area contributed by atoms with Gasteiger partial charge >= 0.3 is 0 Å². The summed E-state index contributed by atoms with van der Waals surface area (Å²) in [6, 6.07) is 3.95. The lowest BCUT2D eigenvalue weighted by Gasteiger charge is -2.33. The van der Waals surface area contributed by atoms with Crippen molar-refractivity contribution in [2.75, 3.05) is 13.1 Å². The van der Waals surface area contributed by atoms with Gasteiger partial charge in [0.1, 0.15) is 17.5 Å². The van der Waals surface area contributed by atoms with E-state index in [0.717, 1.165) is 55.5 Å². The highest BCUT2D eigenvalue weighted by Gasteiger charge is 2.51. The Kier molecular flexibility index (Phi) is 5.26. The zero-order chi connectivity index (χ0) is 20.0. The molecule has 1 aromatic rings. The fourth-order valence-electron chi connectivity index (χ4n) is 5.33. The third kappa shape index (κ3) is 3.36. The Labute approximate surface area is 167 Å². The van der Waals surface area contributed by atoms with E-state index in [-0.39, 0.29) is 41.5 Å². The van der Waals surface area contributed by atoms with Crippen molar-refractivity contribution in [2.45, 2.75) is 58.8 Å². The van der Waals surface area contributed by atoms with Gasteiger partial charge in [-0.15, -0.1) is 0 Å². The van der Waals surface area contributed by atoms with E-state index in [1.165, 1.54) is 5.56 Å². The summed E-state index contributed by atoms with van der Waals surface area (Å²) in [5, 5.41) is 3.35. The zero-order valence-electron chi connectivity index (χ0n) is 17.2. The first-order chi connectivity index (χ1) is 13.4. The third-order valence-corrected chi connectivity index (χ3v) is 7.44. The van der Waals surface area contributed by atoms with E-state index < -0.39 is 11.8 Å². The SMILES string of the molecule is Cc1ccc(C2C(=O)CC(C(C(=O)C3CC3)C3CCNCC3)C2=O)c(C)c1C. The van der Waals surface area contributed by atoms with Crippen LogP contribution in [-0.4, -0.2) is 30.4 Å². The quantitative estimate of drug-likeness (QED) is 0.794. The van der Waals surface area contributed by atoms with Crippen molar-refractivity contribution < 1.29 is 14.4 Å². The zero-order valence-corrected chi connectivity index (χ0v) is 17.2. The predicted molar refractivity (Wildman–Crippen MR) is 108 cm³/mol. The van der Waals surface area contributed by atoms with Crippen LogP contribution in [0, 0.1) is 44.4 Å². The molecule has 1 saturated heterocycles. The van der Waals surface area contributed by atoms with Crippen LogP contribution in [0.3, 0.4) is 0 Å². The molecule has 150 valence electrons. The standard InChI is InChI=1S/C24H31NO3/c1-13-4-7-18(15(3)14(13)2)22-20(26)12-19(24(22)28)21(23(27)17-5-6-17)16-8-10-25-11-9-16/h4,7,16-17,19,21-22,25H,5-6,8-12H2,1-3H3. The van der Waals surface area contributed by atoms with Crippen molar-refractivity contribution >= 4 is 17.3 Å². The van der Waals surface area contributed by atoms with Gasteiger partial charge in [-0.05, 0) is 87.7 Å². The lowest BCUT2D eigenvalue weighted by molar-refractivity contribution is -0.134. The van der Waals surface area contributed by atoms with Crippen LogP contribution in [0.1, 0.15) is 60.3 Å². The first kappa shape index (κ1) is 19.5. The third-order valence-electron chi connectivity index (χ3n) is 7.44. The maximum Gasteiger partial charge on any atom is 0.152 e. The maximum atomic E-state index is 13.5. The molecule has 2 aliphatic carbocycles. The predicted octanol–water partition coefficient (Wildman–Crippen LogP) is 3.45. The lowest BCUT2D eigenvalue weighted by atomic mass is 9.72. The smallest absolute Gasteiger partial charge is 0.152 e. The molecular weight excluding hydrogens is 350 g/mol. The number of piperidine rings is 1. The Morgan fingerprint density at radius 3 is 2.32 bits per heavy atom. The van der Waals surface area contributed by atoms with Crippen molar-refractivity contribution in [3.05, 3.63) is 34.4 Å². The monoisotopic (exact) mass is 381 g/mol. The fraction of sp³-hybridized carbons (Fsp3) is 0.625. The lowest BCUT2D eigenvalue weighted by Crippen LogP contribution is -2.40. The molecule has 3 fully saturated rings. The largest absolute Gasteiger partial charge is 0.317 e. The molecule has 0 bridgehead atoms. The van der Waals surface area contributed by atoms with E-state index >= 15 is 0 Å². The van der Waals surface area contributed by atoms with E-state index in [1.807, 2.05) is 26.0 Å². The Bertz CT molecular complexity index is 817. The van der Waals surface area contributed by atoms with Crippen LogP contribution in [0.25, 0.3) is 0 Å². The Morgan fingerprint density at radius 2 is 1.68 bits per heavy atom. The van der Waals surface area contributed by atoms with Crippen LogP contribution in [0.2, 0.25) is 0 Å². The molecule has 3 atom stereocenters. The van der Waals surface area contributed by atoms with Gasteiger partial charge < -0.3 is 5.32 Å². The van der Waals surface area contributed by atoms with Gasteiger partial charge in [-0.1, -0.05) is 12.1 Å². The van der Waals surface area contributed by atoms with Crippen LogP contribution in [0.4, 0.5) is 0 Å². The number of rotatable bonds is 5. The summed E-state index contributed by atoms with van der Waals surface area (Å²) in [6.07, 6.45) is 4.00. The van der Waals surface area contributed by atoms with Gasteiger partial charge in [0, 0.05) is 24.2 Å². The summed E-state index contributed by atoms with van der Waals surface area (Å²) in [4.78, 5) is 39.7. The topological polar surface area (TPSA) is 63.2 Å².